The van der Waals surface area contributed by atoms with Crippen LogP contribution in [0, 0.1) is 34.6 Å². The predicted octanol–water partition coefficient (Wildman–Crippen LogP) is 5.31. The SMILES string of the molecule is Cc1ccc(C)c(C(Br)c2c(C)oc(C)c2C)c1. The lowest BCUT2D eigenvalue weighted by molar-refractivity contribution is 0.500. The minimum atomic E-state index is 0.204. The summed E-state index contributed by atoms with van der Waals surface area (Å²) in [6.07, 6.45) is 0. The summed E-state index contributed by atoms with van der Waals surface area (Å²) >= 11 is 3.83. The van der Waals surface area contributed by atoms with E-state index in [9.17, 15) is 0 Å². The Morgan fingerprint density at radius 2 is 1.67 bits per heavy atom. The molecular weight excluding hydrogens is 288 g/mol. The fourth-order valence-corrected chi connectivity index (χ4v) is 3.53. The molecule has 96 valence electrons. The zero-order chi connectivity index (χ0) is 13.4. The van der Waals surface area contributed by atoms with Gasteiger partial charge in [-0.3, -0.25) is 0 Å². The first-order valence-electron chi connectivity index (χ1n) is 6.19. The number of hydrogen-bond donors (Lipinski definition) is 0. The highest BCUT2D eigenvalue weighted by atomic mass is 79.9. The molecule has 0 N–H and O–H groups in total. The number of furan rings is 1. The van der Waals surface area contributed by atoms with Crippen LogP contribution in [-0.2, 0) is 0 Å². The van der Waals surface area contributed by atoms with Crippen LogP contribution in [0.15, 0.2) is 22.6 Å². The van der Waals surface area contributed by atoms with Gasteiger partial charge >= 0.3 is 0 Å². The zero-order valence-electron chi connectivity index (χ0n) is 11.6. The Labute approximate surface area is 117 Å². The van der Waals surface area contributed by atoms with Crippen molar-refractivity contribution < 1.29 is 4.42 Å². The third-order valence-electron chi connectivity index (χ3n) is 3.58. The Balaban J connectivity index is 2.54. The fourth-order valence-electron chi connectivity index (χ4n) is 2.37. The van der Waals surface area contributed by atoms with E-state index in [0.29, 0.717) is 0 Å². The van der Waals surface area contributed by atoms with Crippen molar-refractivity contribution in [3.63, 3.8) is 0 Å². The summed E-state index contributed by atoms with van der Waals surface area (Å²) < 4.78 is 5.73. The molecule has 2 heteroatoms. The smallest absolute Gasteiger partial charge is 0.106 e. The highest BCUT2D eigenvalue weighted by molar-refractivity contribution is 9.09. The van der Waals surface area contributed by atoms with Crippen LogP contribution in [0.5, 0.6) is 0 Å². The van der Waals surface area contributed by atoms with E-state index in [0.717, 1.165) is 11.5 Å². The molecule has 1 atom stereocenters. The Morgan fingerprint density at radius 3 is 2.22 bits per heavy atom. The van der Waals surface area contributed by atoms with Gasteiger partial charge in [0.15, 0.2) is 0 Å². The summed E-state index contributed by atoms with van der Waals surface area (Å²) in [4.78, 5) is 0.204. The monoisotopic (exact) mass is 306 g/mol. The number of aryl methyl sites for hydroxylation is 4. The molecule has 0 spiro atoms. The van der Waals surface area contributed by atoms with Crippen LogP contribution in [0.2, 0.25) is 0 Å². The number of halogens is 1. The van der Waals surface area contributed by atoms with Crippen LogP contribution in [0.3, 0.4) is 0 Å². The van der Waals surface area contributed by atoms with Crippen LogP contribution in [0.1, 0.15) is 44.2 Å². The van der Waals surface area contributed by atoms with E-state index in [1.165, 1.54) is 27.8 Å². The van der Waals surface area contributed by atoms with Gasteiger partial charge in [0.05, 0.1) is 4.83 Å². The number of benzene rings is 1. The van der Waals surface area contributed by atoms with E-state index in [-0.39, 0.29) is 4.83 Å². The lowest BCUT2D eigenvalue weighted by atomic mass is 9.96. The first-order valence-corrected chi connectivity index (χ1v) is 7.11. The van der Waals surface area contributed by atoms with Gasteiger partial charge in [0.2, 0.25) is 0 Å². The van der Waals surface area contributed by atoms with Gasteiger partial charge in [-0.2, -0.15) is 0 Å². The van der Waals surface area contributed by atoms with Gasteiger partial charge in [-0.15, -0.1) is 0 Å². The molecule has 0 aliphatic carbocycles. The summed E-state index contributed by atoms with van der Waals surface area (Å²) in [6.45, 7) is 10.5. The molecule has 18 heavy (non-hydrogen) atoms. The van der Waals surface area contributed by atoms with Crippen molar-refractivity contribution in [1.29, 1.82) is 0 Å². The molecule has 1 aromatic carbocycles. The molecule has 1 nitrogen and oxygen atoms in total. The molecule has 0 bridgehead atoms. The lowest BCUT2D eigenvalue weighted by Crippen LogP contribution is -1.99. The Kier molecular flexibility index (Phi) is 3.67. The van der Waals surface area contributed by atoms with Crippen LogP contribution in [-0.4, -0.2) is 0 Å². The van der Waals surface area contributed by atoms with Gasteiger partial charge in [0.1, 0.15) is 11.5 Å². The maximum absolute atomic E-state index is 5.73. The third kappa shape index (κ3) is 2.26. The molecule has 2 rings (SSSR count). The summed E-state index contributed by atoms with van der Waals surface area (Å²) in [6, 6.07) is 6.57. The third-order valence-corrected chi connectivity index (χ3v) is 4.53. The fraction of sp³-hybridized carbons (Fsp3) is 0.375. The van der Waals surface area contributed by atoms with Gasteiger partial charge in [-0.1, -0.05) is 39.7 Å². The van der Waals surface area contributed by atoms with E-state index >= 15 is 0 Å². The quantitative estimate of drug-likeness (QED) is 0.686. The largest absolute Gasteiger partial charge is 0.466 e. The van der Waals surface area contributed by atoms with Gasteiger partial charge in [-0.05, 0) is 51.3 Å². The first kappa shape index (κ1) is 13.4. The molecule has 0 fully saturated rings. The molecule has 2 aromatic rings. The Bertz CT molecular complexity index is 581. The second-order valence-electron chi connectivity index (χ2n) is 4.98. The predicted molar refractivity (Wildman–Crippen MR) is 79.6 cm³/mol. The average Bonchev–Trinajstić information content (AvgIpc) is 2.56. The normalized spacial score (nSPS) is 12.8. The van der Waals surface area contributed by atoms with Crippen LogP contribution in [0.4, 0.5) is 0 Å². The van der Waals surface area contributed by atoms with E-state index in [4.69, 9.17) is 4.42 Å². The molecule has 0 aliphatic heterocycles. The molecule has 1 aromatic heterocycles. The molecule has 0 amide bonds. The maximum atomic E-state index is 5.73. The van der Waals surface area contributed by atoms with Gasteiger partial charge in [0, 0.05) is 5.56 Å². The van der Waals surface area contributed by atoms with Gasteiger partial charge in [-0.25, -0.2) is 0 Å². The van der Waals surface area contributed by atoms with E-state index < -0.39 is 0 Å². The maximum Gasteiger partial charge on any atom is 0.106 e. The van der Waals surface area contributed by atoms with Gasteiger partial charge < -0.3 is 4.42 Å². The van der Waals surface area contributed by atoms with Crippen molar-refractivity contribution in [3.05, 3.63) is 57.5 Å². The summed E-state index contributed by atoms with van der Waals surface area (Å²) in [7, 11) is 0. The van der Waals surface area contributed by atoms with Gasteiger partial charge in [0.25, 0.3) is 0 Å². The second-order valence-corrected chi connectivity index (χ2v) is 5.89. The number of hydrogen-bond acceptors (Lipinski definition) is 1. The molecule has 0 aliphatic rings. The van der Waals surface area contributed by atoms with Crippen LogP contribution >= 0.6 is 15.9 Å². The molecule has 0 radical (unpaired) electrons. The average molecular weight is 307 g/mol. The summed E-state index contributed by atoms with van der Waals surface area (Å²) in [5.74, 6) is 2.02. The van der Waals surface area contributed by atoms with Crippen molar-refractivity contribution >= 4 is 15.9 Å². The van der Waals surface area contributed by atoms with Crippen molar-refractivity contribution in [2.24, 2.45) is 0 Å². The van der Waals surface area contributed by atoms with Crippen LogP contribution in [0.25, 0.3) is 0 Å². The summed E-state index contributed by atoms with van der Waals surface area (Å²) in [5, 5.41) is 0. The molecular formula is C16H19BrO. The molecule has 0 saturated carbocycles. The first-order chi connectivity index (χ1) is 8.41. The minimum Gasteiger partial charge on any atom is -0.466 e. The van der Waals surface area contributed by atoms with Crippen molar-refractivity contribution in [2.45, 2.75) is 39.4 Å². The number of rotatable bonds is 2. The second kappa shape index (κ2) is 4.93. The zero-order valence-corrected chi connectivity index (χ0v) is 13.2. The molecule has 1 unspecified atom stereocenters. The van der Waals surface area contributed by atoms with E-state index in [1.807, 2.05) is 13.8 Å². The standard InChI is InChI=1S/C16H19BrO/c1-9-6-7-10(2)14(8-9)16(17)15-11(3)12(4)18-13(15)5/h6-8,16H,1-5H3. The van der Waals surface area contributed by atoms with Crippen LogP contribution < -0.4 is 0 Å². The minimum absolute atomic E-state index is 0.204. The lowest BCUT2D eigenvalue weighted by Gasteiger charge is -2.14. The van der Waals surface area contributed by atoms with Crippen molar-refractivity contribution in [3.8, 4) is 0 Å². The summed E-state index contributed by atoms with van der Waals surface area (Å²) in [5.41, 5.74) is 6.43. The van der Waals surface area contributed by atoms with Crippen molar-refractivity contribution in [1.82, 2.24) is 0 Å². The highest BCUT2D eigenvalue weighted by Gasteiger charge is 2.21. The van der Waals surface area contributed by atoms with E-state index in [1.54, 1.807) is 0 Å². The highest BCUT2D eigenvalue weighted by Crippen LogP contribution is 2.38. The van der Waals surface area contributed by atoms with Crippen molar-refractivity contribution in [2.75, 3.05) is 0 Å². The molecule has 0 saturated heterocycles. The topological polar surface area (TPSA) is 13.1 Å². The van der Waals surface area contributed by atoms with E-state index in [2.05, 4.69) is 54.9 Å². The molecule has 1 heterocycles. The Morgan fingerprint density at radius 1 is 1.00 bits per heavy atom. The Hall–Kier alpha value is -1.02. The number of alkyl halides is 1.